The molecule has 0 spiro atoms. The summed E-state index contributed by atoms with van der Waals surface area (Å²) in [6.07, 6.45) is 47.9. The first kappa shape index (κ1) is 54.5. The van der Waals surface area contributed by atoms with Gasteiger partial charge in [-0.1, -0.05) is 145 Å². The molecule has 0 aromatic heterocycles. The number of phosphoric ester groups is 1. The first-order chi connectivity index (χ1) is 27.5. The highest BCUT2D eigenvalue weighted by atomic mass is 31.2. The highest BCUT2D eigenvalue weighted by Crippen LogP contribution is 2.38. The molecule has 0 bridgehead atoms. The molecule has 1 unspecified atom stereocenters. The number of likely N-dealkylation sites (N-methyl/N-ethyl adjacent to an activating group) is 1. The first-order valence-corrected chi connectivity index (χ1v) is 23.6. The molecule has 9 nitrogen and oxygen atoms in total. The fourth-order valence-corrected chi connectivity index (χ4v) is 6.24. The van der Waals surface area contributed by atoms with Crippen LogP contribution in [0.15, 0.2) is 72.9 Å². The zero-order chi connectivity index (χ0) is 42.1. The third-order valence-corrected chi connectivity index (χ3v) is 9.92. The van der Waals surface area contributed by atoms with E-state index in [0.29, 0.717) is 30.3 Å². The summed E-state index contributed by atoms with van der Waals surface area (Å²) in [5, 5.41) is 0. The number of carbonyl (C=O) groups is 2. The molecule has 0 aliphatic carbocycles. The zero-order valence-electron chi connectivity index (χ0n) is 36.8. The second-order valence-corrected chi connectivity index (χ2v) is 17.1. The van der Waals surface area contributed by atoms with Crippen LogP contribution in [-0.2, 0) is 32.7 Å². The number of unbranched alkanes of at least 4 members (excludes halogenated alkanes) is 13. The second-order valence-electron chi connectivity index (χ2n) is 15.7. The Morgan fingerprint density at radius 2 is 1.02 bits per heavy atom. The molecule has 0 aromatic carbocycles. The van der Waals surface area contributed by atoms with Crippen molar-refractivity contribution in [2.75, 3.05) is 47.5 Å². The Hall–Kier alpha value is -2.55. The van der Waals surface area contributed by atoms with Gasteiger partial charge in [-0.05, 0) is 77.0 Å². The number of hydrogen-bond acceptors (Lipinski definition) is 8. The van der Waals surface area contributed by atoms with Gasteiger partial charge in [0.15, 0.2) is 6.10 Å². The number of rotatable bonds is 39. The SMILES string of the molecule is CC/C=C\C/C=C\C/C=C\C/C=C\C/C=C\CCCC(=O)O[C@H](COC(=O)CCCCCCC/C=C\CCCCCCCCC)COP(=O)([O-])OCC[N+](C)(C)C. The van der Waals surface area contributed by atoms with Crippen LogP contribution in [0, 0.1) is 0 Å². The molecule has 0 amide bonds. The molecule has 0 N–H and O–H groups in total. The van der Waals surface area contributed by atoms with Gasteiger partial charge in [-0.25, -0.2) is 0 Å². The maximum Gasteiger partial charge on any atom is 0.306 e. The number of esters is 2. The standard InChI is InChI=1S/C47H82NO8P/c1-6-8-10-12-14-16-18-20-22-24-26-28-30-32-34-36-38-40-47(50)56-45(44-55-57(51,52)54-42-41-48(3,4)5)43-53-46(49)39-37-35-33-31-29-27-25-23-21-19-17-15-13-11-9-7-2/h8,10,14,16,20,22-23,25-26,28,32,34,45H,6-7,9,11-13,15,17-19,21,24,27,29-31,33,35-44H2,1-5H3/b10-8-,16-14-,22-20-,25-23-,28-26-,34-32-/t45-/m1/s1. The Labute approximate surface area is 348 Å². The summed E-state index contributed by atoms with van der Waals surface area (Å²) in [5.74, 6) is -0.918. The minimum atomic E-state index is -4.65. The average molecular weight is 820 g/mol. The highest BCUT2D eigenvalue weighted by Gasteiger charge is 2.21. The van der Waals surface area contributed by atoms with Crippen molar-refractivity contribution in [3.63, 3.8) is 0 Å². The van der Waals surface area contributed by atoms with E-state index in [2.05, 4.69) is 80.7 Å². The lowest BCUT2D eigenvalue weighted by atomic mass is 10.1. The van der Waals surface area contributed by atoms with E-state index in [1.165, 1.54) is 51.4 Å². The predicted molar refractivity (Wildman–Crippen MR) is 236 cm³/mol. The van der Waals surface area contributed by atoms with Crippen molar-refractivity contribution < 1.29 is 42.1 Å². The van der Waals surface area contributed by atoms with Crippen molar-refractivity contribution in [1.82, 2.24) is 0 Å². The molecule has 0 rings (SSSR count). The average Bonchev–Trinajstić information content (AvgIpc) is 3.16. The molecule has 0 saturated carbocycles. The van der Waals surface area contributed by atoms with E-state index in [-0.39, 0.29) is 26.1 Å². The summed E-state index contributed by atoms with van der Waals surface area (Å²) in [6.45, 7) is 4.02. The van der Waals surface area contributed by atoms with Gasteiger partial charge in [0.05, 0.1) is 27.7 Å². The maximum atomic E-state index is 12.7. The Morgan fingerprint density at radius 1 is 0.561 bits per heavy atom. The number of nitrogens with zero attached hydrogens (tertiary/aromatic N) is 1. The molecular weight excluding hydrogens is 737 g/mol. The minimum Gasteiger partial charge on any atom is -0.756 e. The fourth-order valence-electron chi connectivity index (χ4n) is 5.51. The number of ether oxygens (including phenoxy) is 2. The van der Waals surface area contributed by atoms with Crippen molar-refractivity contribution in [2.45, 2.75) is 168 Å². The molecule has 2 atom stereocenters. The largest absolute Gasteiger partial charge is 0.756 e. The van der Waals surface area contributed by atoms with Gasteiger partial charge in [0.1, 0.15) is 19.8 Å². The van der Waals surface area contributed by atoms with E-state index >= 15 is 0 Å². The van der Waals surface area contributed by atoms with Crippen LogP contribution in [0.25, 0.3) is 0 Å². The Bertz CT molecular complexity index is 1200. The van der Waals surface area contributed by atoms with Gasteiger partial charge in [-0.15, -0.1) is 0 Å². The summed E-state index contributed by atoms with van der Waals surface area (Å²) in [5.41, 5.74) is 0. The number of hydrogen-bond donors (Lipinski definition) is 0. The third kappa shape index (κ3) is 42.9. The molecule has 0 aliphatic rings. The smallest absolute Gasteiger partial charge is 0.306 e. The van der Waals surface area contributed by atoms with E-state index in [1.807, 2.05) is 27.2 Å². The predicted octanol–water partition coefficient (Wildman–Crippen LogP) is 12.0. The molecule has 0 fully saturated rings. The molecule has 328 valence electrons. The van der Waals surface area contributed by atoms with Crippen LogP contribution in [0.2, 0.25) is 0 Å². The lowest BCUT2D eigenvalue weighted by Crippen LogP contribution is -2.37. The summed E-state index contributed by atoms with van der Waals surface area (Å²) < 4.78 is 33.8. The van der Waals surface area contributed by atoms with Gasteiger partial charge in [-0.3, -0.25) is 14.2 Å². The Morgan fingerprint density at radius 3 is 1.56 bits per heavy atom. The minimum absolute atomic E-state index is 0.0461. The highest BCUT2D eigenvalue weighted by molar-refractivity contribution is 7.45. The van der Waals surface area contributed by atoms with E-state index in [0.717, 1.165) is 64.2 Å². The van der Waals surface area contributed by atoms with Crippen LogP contribution in [0.5, 0.6) is 0 Å². The molecule has 0 aromatic rings. The molecule has 0 saturated heterocycles. The number of carbonyl (C=O) groups excluding carboxylic acids is 2. The summed E-state index contributed by atoms with van der Waals surface area (Å²) in [7, 11) is 1.11. The van der Waals surface area contributed by atoms with Crippen LogP contribution in [0.3, 0.4) is 0 Å². The fraction of sp³-hybridized carbons (Fsp3) is 0.702. The van der Waals surface area contributed by atoms with Crippen LogP contribution in [0.4, 0.5) is 0 Å². The monoisotopic (exact) mass is 820 g/mol. The first-order valence-electron chi connectivity index (χ1n) is 22.1. The van der Waals surface area contributed by atoms with Crippen LogP contribution in [-0.4, -0.2) is 70.0 Å². The topological polar surface area (TPSA) is 111 Å². The molecule has 0 radical (unpaired) electrons. The molecule has 10 heteroatoms. The van der Waals surface area contributed by atoms with Gasteiger partial charge in [0, 0.05) is 12.8 Å². The van der Waals surface area contributed by atoms with Gasteiger partial charge in [0.2, 0.25) is 0 Å². The molecule has 0 aliphatic heterocycles. The lowest BCUT2D eigenvalue weighted by Gasteiger charge is -2.28. The quantitative estimate of drug-likeness (QED) is 0.0198. The van der Waals surface area contributed by atoms with Gasteiger partial charge < -0.3 is 27.9 Å². The van der Waals surface area contributed by atoms with Gasteiger partial charge in [0.25, 0.3) is 7.82 Å². The van der Waals surface area contributed by atoms with Gasteiger partial charge >= 0.3 is 11.9 Å². The van der Waals surface area contributed by atoms with Crippen molar-refractivity contribution in [2.24, 2.45) is 0 Å². The normalized spacial score (nSPS) is 14.3. The van der Waals surface area contributed by atoms with Crippen molar-refractivity contribution >= 4 is 19.8 Å². The summed E-state index contributed by atoms with van der Waals surface area (Å²) >= 11 is 0. The third-order valence-electron chi connectivity index (χ3n) is 8.96. The van der Waals surface area contributed by atoms with Crippen molar-refractivity contribution in [3.05, 3.63) is 72.9 Å². The molecule has 0 heterocycles. The molecular formula is C47H82NO8P. The van der Waals surface area contributed by atoms with E-state index in [9.17, 15) is 19.0 Å². The number of phosphoric acid groups is 1. The van der Waals surface area contributed by atoms with Crippen LogP contribution in [0.1, 0.15) is 162 Å². The zero-order valence-corrected chi connectivity index (χ0v) is 37.7. The summed E-state index contributed by atoms with van der Waals surface area (Å²) in [6, 6.07) is 0. The lowest BCUT2D eigenvalue weighted by molar-refractivity contribution is -0.870. The summed E-state index contributed by atoms with van der Waals surface area (Å²) in [4.78, 5) is 37.5. The van der Waals surface area contributed by atoms with Crippen molar-refractivity contribution in [1.29, 1.82) is 0 Å². The van der Waals surface area contributed by atoms with E-state index in [1.54, 1.807) is 0 Å². The number of quaternary nitrogens is 1. The maximum absolute atomic E-state index is 12.7. The van der Waals surface area contributed by atoms with Gasteiger partial charge in [-0.2, -0.15) is 0 Å². The van der Waals surface area contributed by atoms with Crippen LogP contribution >= 0.6 is 7.82 Å². The number of allylic oxidation sites excluding steroid dienone is 12. The van der Waals surface area contributed by atoms with E-state index < -0.39 is 32.5 Å². The van der Waals surface area contributed by atoms with Crippen molar-refractivity contribution in [3.8, 4) is 0 Å². The second kappa shape index (κ2) is 38.9. The van der Waals surface area contributed by atoms with Crippen LogP contribution < -0.4 is 4.89 Å². The Balaban J connectivity index is 4.48. The van der Waals surface area contributed by atoms with E-state index in [4.69, 9.17) is 18.5 Å². The Kier molecular flexibility index (Phi) is 37.2. The molecule has 57 heavy (non-hydrogen) atoms.